The van der Waals surface area contributed by atoms with Crippen molar-refractivity contribution >= 4 is 28.8 Å². The Morgan fingerprint density at radius 2 is 1.70 bits per heavy atom. The van der Waals surface area contributed by atoms with E-state index in [0.717, 1.165) is 33.7 Å². The fraction of sp³-hybridized carbons (Fsp3) is 0.154. The zero-order valence-corrected chi connectivity index (χ0v) is 17.7. The first-order valence-corrected chi connectivity index (χ1v) is 10.9. The van der Waals surface area contributed by atoms with Crippen LogP contribution in [0.5, 0.6) is 0 Å². The molecular formula is C26H20N4O3. The number of rotatable bonds is 3. The lowest BCUT2D eigenvalue weighted by Crippen LogP contribution is -2.52. The third-order valence-corrected chi connectivity index (χ3v) is 6.36. The van der Waals surface area contributed by atoms with E-state index in [-0.39, 0.29) is 18.2 Å². The third-order valence-electron chi connectivity index (χ3n) is 6.36. The number of piperidine rings is 1. The Morgan fingerprint density at radius 1 is 0.909 bits per heavy atom. The molecule has 2 aliphatic heterocycles. The number of benzene rings is 3. The van der Waals surface area contributed by atoms with Crippen LogP contribution < -0.4 is 5.32 Å². The van der Waals surface area contributed by atoms with Crippen LogP contribution in [0.3, 0.4) is 0 Å². The molecule has 7 nitrogen and oxygen atoms in total. The molecule has 0 bridgehead atoms. The van der Waals surface area contributed by atoms with Crippen LogP contribution in [0.1, 0.15) is 28.8 Å². The summed E-state index contributed by atoms with van der Waals surface area (Å²) in [6.07, 6.45) is 0.587. The normalized spacial score (nSPS) is 18.0. The molecule has 2 aliphatic rings. The summed E-state index contributed by atoms with van der Waals surface area (Å²) >= 11 is 0. The van der Waals surface area contributed by atoms with Gasteiger partial charge in [0.1, 0.15) is 11.9 Å². The van der Waals surface area contributed by atoms with Gasteiger partial charge in [-0.15, -0.1) is 0 Å². The molecular weight excluding hydrogens is 416 g/mol. The highest BCUT2D eigenvalue weighted by atomic mass is 16.2. The summed E-state index contributed by atoms with van der Waals surface area (Å²) < 4.78 is 2.12. The van der Waals surface area contributed by atoms with E-state index in [1.165, 1.54) is 0 Å². The quantitative estimate of drug-likeness (QED) is 0.499. The lowest BCUT2D eigenvalue weighted by molar-refractivity contribution is -0.136. The predicted molar refractivity (Wildman–Crippen MR) is 123 cm³/mol. The van der Waals surface area contributed by atoms with Crippen molar-refractivity contribution in [3.63, 3.8) is 0 Å². The molecule has 7 heteroatoms. The van der Waals surface area contributed by atoms with Gasteiger partial charge in [-0.1, -0.05) is 36.4 Å². The number of fused-ring (bicyclic) bond motifs is 2. The average molecular weight is 436 g/mol. The Labute approximate surface area is 189 Å². The second kappa shape index (κ2) is 7.41. The SMILES string of the molecule is O=C1CCC(N2Cc3cc(-c4nc5ccccc5n4-c4ccccc4)ccc3C2=O)C(=O)N1. The van der Waals surface area contributed by atoms with Gasteiger partial charge in [0.05, 0.1) is 11.0 Å². The summed E-state index contributed by atoms with van der Waals surface area (Å²) in [7, 11) is 0. The minimum Gasteiger partial charge on any atom is -0.322 e. The second-order valence-electron chi connectivity index (χ2n) is 8.37. The number of para-hydroxylation sites is 3. The molecule has 162 valence electrons. The molecule has 1 aromatic heterocycles. The van der Waals surface area contributed by atoms with Gasteiger partial charge in [0.15, 0.2) is 0 Å². The first-order chi connectivity index (χ1) is 16.1. The van der Waals surface area contributed by atoms with E-state index in [9.17, 15) is 14.4 Å². The van der Waals surface area contributed by atoms with Gasteiger partial charge >= 0.3 is 0 Å². The number of imidazole rings is 1. The number of hydrogen-bond acceptors (Lipinski definition) is 4. The zero-order valence-electron chi connectivity index (χ0n) is 17.7. The van der Waals surface area contributed by atoms with Gasteiger partial charge in [0.2, 0.25) is 11.8 Å². The smallest absolute Gasteiger partial charge is 0.255 e. The molecule has 33 heavy (non-hydrogen) atoms. The molecule has 4 aromatic rings. The molecule has 0 spiro atoms. The maximum absolute atomic E-state index is 13.0. The fourth-order valence-corrected chi connectivity index (χ4v) is 4.77. The number of carbonyl (C=O) groups is 3. The Bertz CT molecular complexity index is 1440. The van der Waals surface area contributed by atoms with Gasteiger partial charge in [-0.3, -0.25) is 24.3 Å². The molecule has 0 radical (unpaired) electrons. The summed E-state index contributed by atoms with van der Waals surface area (Å²) in [6, 6.07) is 23.1. The summed E-state index contributed by atoms with van der Waals surface area (Å²) in [5.74, 6) is -0.0827. The number of nitrogens with one attached hydrogen (secondary N) is 1. The van der Waals surface area contributed by atoms with Crippen molar-refractivity contribution in [2.75, 3.05) is 0 Å². The third kappa shape index (κ3) is 3.12. The molecule has 3 aromatic carbocycles. The highest BCUT2D eigenvalue weighted by molar-refractivity contribution is 6.05. The molecule has 1 fully saturated rings. The number of nitrogens with zero attached hydrogens (tertiary/aromatic N) is 3. The van der Waals surface area contributed by atoms with Crippen LogP contribution in [-0.2, 0) is 16.1 Å². The topological polar surface area (TPSA) is 84.3 Å². The second-order valence-corrected chi connectivity index (χ2v) is 8.37. The number of carbonyl (C=O) groups excluding carboxylic acids is 3. The standard InChI is InChI=1S/C26H20N4O3/c31-23-13-12-22(25(32)28-23)29-15-17-14-16(10-11-19(17)26(29)33)24-27-20-8-4-5-9-21(20)30(24)18-6-2-1-3-7-18/h1-11,14,22H,12-13,15H2,(H,28,31,32). The minimum absolute atomic E-state index is 0.178. The van der Waals surface area contributed by atoms with Crippen molar-refractivity contribution in [1.29, 1.82) is 0 Å². The fourth-order valence-electron chi connectivity index (χ4n) is 4.77. The summed E-state index contributed by atoms with van der Waals surface area (Å²) in [5, 5.41) is 2.35. The Hall–Kier alpha value is -4.26. The highest BCUT2D eigenvalue weighted by Gasteiger charge is 2.39. The molecule has 0 aliphatic carbocycles. The Morgan fingerprint density at radius 3 is 2.52 bits per heavy atom. The maximum atomic E-state index is 13.0. The van der Waals surface area contributed by atoms with E-state index in [2.05, 4.69) is 9.88 Å². The number of hydrogen-bond donors (Lipinski definition) is 1. The molecule has 1 saturated heterocycles. The van der Waals surface area contributed by atoms with Crippen LogP contribution in [0.4, 0.5) is 0 Å². The molecule has 0 saturated carbocycles. The molecule has 1 N–H and O–H groups in total. The zero-order chi connectivity index (χ0) is 22.5. The van der Waals surface area contributed by atoms with Gasteiger partial charge in [0.25, 0.3) is 5.91 Å². The number of amides is 3. The van der Waals surface area contributed by atoms with E-state index in [1.54, 1.807) is 4.90 Å². The van der Waals surface area contributed by atoms with Crippen LogP contribution >= 0.6 is 0 Å². The first-order valence-electron chi connectivity index (χ1n) is 10.9. The number of aromatic nitrogens is 2. The van der Waals surface area contributed by atoms with Crippen LogP contribution in [0.15, 0.2) is 72.8 Å². The van der Waals surface area contributed by atoms with Crippen molar-refractivity contribution in [3.8, 4) is 17.1 Å². The lowest BCUT2D eigenvalue weighted by atomic mass is 10.0. The highest BCUT2D eigenvalue weighted by Crippen LogP contribution is 2.33. The van der Waals surface area contributed by atoms with Crippen LogP contribution in [0, 0.1) is 0 Å². The van der Waals surface area contributed by atoms with E-state index in [0.29, 0.717) is 18.5 Å². The summed E-state index contributed by atoms with van der Waals surface area (Å²) in [4.78, 5) is 43.4. The minimum atomic E-state index is -0.625. The van der Waals surface area contributed by atoms with Crippen molar-refractivity contribution in [3.05, 3.63) is 83.9 Å². The molecule has 6 rings (SSSR count). The van der Waals surface area contributed by atoms with E-state index >= 15 is 0 Å². The molecule has 3 heterocycles. The van der Waals surface area contributed by atoms with Crippen LogP contribution in [-0.4, -0.2) is 38.2 Å². The predicted octanol–water partition coefficient (Wildman–Crippen LogP) is 3.45. The Kier molecular flexibility index (Phi) is 4.36. The van der Waals surface area contributed by atoms with Gasteiger partial charge in [-0.25, -0.2) is 4.98 Å². The molecule has 3 amide bonds. The van der Waals surface area contributed by atoms with Crippen molar-refractivity contribution in [2.24, 2.45) is 0 Å². The summed E-state index contributed by atoms with van der Waals surface area (Å²) in [5.41, 5.74) is 5.23. The van der Waals surface area contributed by atoms with Gasteiger partial charge < -0.3 is 4.90 Å². The largest absolute Gasteiger partial charge is 0.322 e. The van der Waals surface area contributed by atoms with Gasteiger partial charge in [0, 0.05) is 29.8 Å². The number of imide groups is 1. The lowest BCUT2D eigenvalue weighted by Gasteiger charge is -2.29. The Balaban J connectivity index is 1.42. The summed E-state index contributed by atoms with van der Waals surface area (Å²) in [6.45, 7) is 0.333. The molecule has 1 unspecified atom stereocenters. The van der Waals surface area contributed by atoms with E-state index in [1.807, 2.05) is 72.8 Å². The van der Waals surface area contributed by atoms with Crippen molar-refractivity contribution in [1.82, 2.24) is 19.8 Å². The van der Waals surface area contributed by atoms with Gasteiger partial charge in [-0.05, 0) is 48.4 Å². The monoisotopic (exact) mass is 436 g/mol. The van der Waals surface area contributed by atoms with Crippen molar-refractivity contribution in [2.45, 2.75) is 25.4 Å². The first kappa shape index (κ1) is 19.4. The van der Waals surface area contributed by atoms with E-state index in [4.69, 9.17) is 4.98 Å². The van der Waals surface area contributed by atoms with Crippen LogP contribution in [0.2, 0.25) is 0 Å². The maximum Gasteiger partial charge on any atom is 0.255 e. The van der Waals surface area contributed by atoms with Crippen LogP contribution in [0.25, 0.3) is 28.1 Å². The van der Waals surface area contributed by atoms with Crippen molar-refractivity contribution < 1.29 is 14.4 Å². The van der Waals surface area contributed by atoms with Gasteiger partial charge in [-0.2, -0.15) is 0 Å². The molecule has 1 atom stereocenters. The van der Waals surface area contributed by atoms with E-state index < -0.39 is 11.9 Å². The average Bonchev–Trinajstić information content (AvgIpc) is 3.37.